The lowest BCUT2D eigenvalue weighted by atomic mass is 10.0. The van der Waals surface area contributed by atoms with Crippen molar-refractivity contribution in [1.82, 2.24) is 10.6 Å². The molecule has 1 aliphatic heterocycles. The van der Waals surface area contributed by atoms with Crippen LogP contribution < -0.4 is 20.1 Å². The highest BCUT2D eigenvalue weighted by Crippen LogP contribution is 2.30. The number of ether oxygens (including phenoxy) is 2. The van der Waals surface area contributed by atoms with Crippen LogP contribution in [-0.4, -0.2) is 25.0 Å². The maximum absolute atomic E-state index is 12.4. The largest absolute Gasteiger partial charge is 0.486 e. The van der Waals surface area contributed by atoms with E-state index in [-0.39, 0.29) is 24.3 Å². The fourth-order valence-corrected chi connectivity index (χ4v) is 2.84. The van der Waals surface area contributed by atoms with E-state index in [4.69, 9.17) is 9.47 Å². The van der Waals surface area contributed by atoms with Gasteiger partial charge in [-0.3, -0.25) is 9.59 Å². The standard InChI is InChI=1S/C20H22N2O4/c1-14(23)22-17(16-5-3-2-4-6-16)12-20(24)21-13-15-7-8-18-19(11-15)26-10-9-25-18/h2-8,11,17H,9-10,12-13H2,1H3,(H,21,24)(H,22,23). The number of fused-ring (bicyclic) bond motifs is 1. The van der Waals surface area contributed by atoms with Crippen molar-refractivity contribution in [2.75, 3.05) is 13.2 Å². The molecule has 0 radical (unpaired) electrons. The molecular weight excluding hydrogens is 332 g/mol. The van der Waals surface area contributed by atoms with Gasteiger partial charge in [0.05, 0.1) is 12.5 Å². The Labute approximate surface area is 152 Å². The number of amides is 2. The minimum Gasteiger partial charge on any atom is -0.486 e. The first-order valence-electron chi connectivity index (χ1n) is 8.59. The van der Waals surface area contributed by atoms with E-state index in [9.17, 15) is 9.59 Å². The Balaban J connectivity index is 1.59. The van der Waals surface area contributed by atoms with Crippen LogP contribution in [0.3, 0.4) is 0 Å². The summed E-state index contributed by atoms with van der Waals surface area (Å²) >= 11 is 0. The minimum absolute atomic E-state index is 0.137. The first-order chi connectivity index (χ1) is 12.6. The Hall–Kier alpha value is -3.02. The van der Waals surface area contributed by atoms with E-state index in [1.54, 1.807) is 0 Å². The van der Waals surface area contributed by atoms with E-state index < -0.39 is 0 Å². The topological polar surface area (TPSA) is 76.7 Å². The van der Waals surface area contributed by atoms with Crippen LogP contribution in [0.4, 0.5) is 0 Å². The molecule has 0 bridgehead atoms. The summed E-state index contributed by atoms with van der Waals surface area (Å²) in [5.41, 5.74) is 1.83. The van der Waals surface area contributed by atoms with Crippen molar-refractivity contribution in [2.24, 2.45) is 0 Å². The molecule has 0 saturated carbocycles. The first kappa shape index (κ1) is 17.8. The number of nitrogens with one attached hydrogen (secondary N) is 2. The summed E-state index contributed by atoms with van der Waals surface area (Å²) in [5.74, 6) is 1.12. The molecule has 0 spiro atoms. The SMILES string of the molecule is CC(=O)NC(CC(=O)NCc1ccc2c(c1)OCCO2)c1ccccc1. The Morgan fingerprint density at radius 1 is 1.04 bits per heavy atom. The van der Waals surface area contributed by atoms with Gasteiger partial charge in [0.25, 0.3) is 0 Å². The lowest BCUT2D eigenvalue weighted by molar-refractivity contribution is -0.122. The lowest BCUT2D eigenvalue weighted by Gasteiger charge is -2.20. The van der Waals surface area contributed by atoms with Gasteiger partial charge in [0.2, 0.25) is 11.8 Å². The van der Waals surface area contributed by atoms with Crippen molar-refractivity contribution in [3.8, 4) is 11.5 Å². The van der Waals surface area contributed by atoms with Crippen molar-refractivity contribution in [3.05, 3.63) is 59.7 Å². The molecule has 0 saturated heterocycles. The smallest absolute Gasteiger partial charge is 0.222 e. The van der Waals surface area contributed by atoms with Gasteiger partial charge in [-0.2, -0.15) is 0 Å². The highest BCUT2D eigenvalue weighted by molar-refractivity contribution is 5.79. The number of benzene rings is 2. The highest BCUT2D eigenvalue weighted by atomic mass is 16.6. The van der Waals surface area contributed by atoms with Crippen LogP contribution in [0.25, 0.3) is 0 Å². The van der Waals surface area contributed by atoms with Crippen LogP contribution in [0.5, 0.6) is 11.5 Å². The average Bonchev–Trinajstić information content (AvgIpc) is 2.66. The van der Waals surface area contributed by atoms with Crippen LogP contribution in [-0.2, 0) is 16.1 Å². The van der Waals surface area contributed by atoms with Crippen molar-refractivity contribution in [2.45, 2.75) is 25.9 Å². The Morgan fingerprint density at radius 3 is 2.50 bits per heavy atom. The fourth-order valence-electron chi connectivity index (χ4n) is 2.84. The molecule has 0 aromatic heterocycles. The summed E-state index contributed by atoms with van der Waals surface area (Å²) in [6, 6.07) is 14.7. The molecule has 136 valence electrons. The normalized spacial score (nSPS) is 13.6. The van der Waals surface area contributed by atoms with Gasteiger partial charge in [0, 0.05) is 13.5 Å². The second-order valence-electron chi connectivity index (χ2n) is 6.12. The highest BCUT2D eigenvalue weighted by Gasteiger charge is 2.17. The minimum atomic E-state index is -0.353. The summed E-state index contributed by atoms with van der Waals surface area (Å²) in [4.78, 5) is 23.8. The lowest BCUT2D eigenvalue weighted by Crippen LogP contribution is -2.32. The van der Waals surface area contributed by atoms with E-state index in [0.717, 1.165) is 16.9 Å². The first-order valence-corrected chi connectivity index (χ1v) is 8.59. The van der Waals surface area contributed by atoms with Crippen LogP contribution in [0, 0.1) is 0 Å². The second-order valence-corrected chi connectivity index (χ2v) is 6.12. The van der Waals surface area contributed by atoms with Crippen molar-refractivity contribution in [1.29, 1.82) is 0 Å². The molecule has 1 heterocycles. The molecule has 6 heteroatoms. The van der Waals surface area contributed by atoms with Gasteiger partial charge >= 0.3 is 0 Å². The number of carbonyl (C=O) groups is 2. The predicted molar refractivity (Wildman–Crippen MR) is 96.9 cm³/mol. The zero-order chi connectivity index (χ0) is 18.4. The van der Waals surface area contributed by atoms with Gasteiger partial charge < -0.3 is 20.1 Å². The molecule has 2 N–H and O–H groups in total. The quantitative estimate of drug-likeness (QED) is 0.835. The van der Waals surface area contributed by atoms with Gasteiger partial charge in [-0.15, -0.1) is 0 Å². The Bertz CT molecular complexity index is 777. The van der Waals surface area contributed by atoms with E-state index in [0.29, 0.717) is 25.5 Å². The zero-order valence-corrected chi connectivity index (χ0v) is 14.7. The maximum Gasteiger partial charge on any atom is 0.222 e. The molecule has 2 aromatic carbocycles. The second kappa shape index (κ2) is 8.38. The summed E-state index contributed by atoms with van der Waals surface area (Å²) < 4.78 is 11.0. The van der Waals surface area contributed by atoms with Gasteiger partial charge in [-0.25, -0.2) is 0 Å². The average molecular weight is 354 g/mol. The number of carbonyl (C=O) groups excluding carboxylic acids is 2. The van der Waals surface area contributed by atoms with E-state index in [2.05, 4.69) is 10.6 Å². The number of hydrogen-bond acceptors (Lipinski definition) is 4. The Morgan fingerprint density at radius 2 is 1.77 bits per heavy atom. The molecule has 26 heavy (non-hydrogen) atoms. The van der Waals surface area contributed by atoms with Gasteiger partial charge in [0.15, 0.2) is 11.5 Å². The predicted octanol–water partition coefficient (Wildman–Crippen LogP) is 2.34. The van der Waals surface area contributed by atoms with E-state index >= 15 is 0 Å². The van der Waals surface area contributed by atoms with Crippen LogP contribution in [0.2, 0.25) is 0 Å². The number of rotatable bonds is 6. The third-order valence-electron chi connectivity index (χ3n) is 4.07. The fraction of sp³-hybridized carbons (Fsp3) is 0.300. The molecule has 1 aliphatic rings. The molecule has 2 aromatic rings. The van der Waals surface area contributed by atoms with E-state index in [1.165, 1.54) is 6.92 Å². The van der Waals surface area contributed by atoms with Gasteiger partial charge in [0.1, 0.15) is 13.2 Å². The summed E-state index contributed by atoms with van der Waals surface area (Å²) in [6.45, 7) is 2.91. The van der Waals surface area contributed by atoms with Crippen molar-refractivity contribution in [3.63, 3.8) is 0 Å². The zero-order valence-electron chi connectivity index (χ0n) is 14.7. The summed E-state index contributed by atoms with van der Waals surface area (Å²) in [5, 5.41) is 5.72. The molecule has 1 unspecified atom stereocenters. The molecule has 2 amide bonds. The molecule has 6 nitrogen and oxygen atoms in total. The monoisotopic (exact) mass is 354 g/mol. The Kier molecular flexibility index (Phi) is 5.73. The van der Waals surface area contributed by atoms with Crippen molar-refractivity contribution < 1.29 is 19.1 Å². The molecule has 1 atom stereocenters. The maximum atomic E-state index is 12.4. The molecular formula is C20H22N2O4. The van der Waals surface area contributed by atoms with Crippen LogP contribution >= 0.6 is 0 Å². The molecule has 0 aliphatic carbocycles. The van der Waals surface area contributed by atoms with Crippen LogP contribution in [0.15, 0.2) is 48.5 Å². The van der Waals surface area contributed by atoms with Gasteiger partial charge in [-0.1, -0.05) is 36.4 Å². The third-order valence-corrected chi connectivity index (χ3v) is 4.07. The van der Waals surface area contributed by atoms with E-state index in [1.807, 2.05) is 48.5 Å². The number of hydrogen-bond donors (Lipinski definition) is 2. The summed E-state index contributed by atoms with van der Waals surface area (Å²) in [7, 11) is 0. The van der Waals surface area contributed by atoms with Crippen molar-refractivity contribution >= 4 is 11.8 Å². The third kappa shape index (κ3) is 4.75. The summed E-state index contributed by atoms with van der Waals surface area (Å²) in [6.07, 6.45) is 0.175. The van der Waals surface area contributed by atoms with Gasteiger partial charge in [-0.05, 0) is 23.3 Å². The van der Waals surface area contributed by atoms with Crippen LogP contribution in [0.1, 0.15) is 30.5 Å². The molecule has 3 rings (SSSR count). The molecule has 0 fully saturated rings.